The lowest BCUT2D eigenvalue weighted by Gasteiger charge is -2.22. The first kappa shape index (κ1) is 17.1. The van der Waals surface area contributed by atoms with Crippen molar-refractivity contribution in [2.24, 2.45) is 5.73 Å². The van der Waals surface area contributed by atoms with E-state index in [4.69, 9.17) is 15.2 Å². The number of carbonyl (C=O) groups is 1. The fourth-order valence-corrected chi connectivity index (χ4v) is 1.62. The van der Waals surface area contributed by atoms with Crippen LogP contribution in [0, 0.1) is 0 Å². The quantitative estimate of drug-likeness (QED) is 0.777. The predicted octanol–water partition coefficient (Wildman–Crippen LogP) is 2.80. The number of nitrogens with two attached hydrogens (primary N) is 1. The molecule has 0 saturated carbocycles. The van der Waals surface area contributed by atoms with Crippen LogP contribution >= 0.6 is 0 Å². The van der Waals surface area contributed by atoms with Crippen LogP contribution in [-0.4, -0.2) is 31.4 Å². The van der Waals surface area contributed by atoms with E-state index in [2.05, 4.69) is 10.6 Å². The molecule has 1 aromatic carbocycles. The summed E-state index contributed by atoms with van der Waals surface area (Å²) in [6.45, 7) is 7.88. The van der Waals surface area contributed by atoms with Gasteiger partial charge < -0.3 is 20.5 Å². The third-order valence-electron chi connectivity index (χ3n) is 2.62. The SMILES string of the molecule is COc1ccc(NC(=O)OC(C)(C)C)c(NC(C)CN)c1. The zero-order valence-electron chi connectivity index (χ0n) is 13.3. The third kappa shape index (κ3) is 5.91. The molecule has 0 heterocycles. The molecular formula is C15H25N3O3. The Morgan fingerprint density at radius 2 is 2.00 bits per heavy atom. The molecule has 21 heavy (non-hydrogen) atoms. The van der Waals surface area contributed by atoms with Crippen LogP contribution in [0.5, 0.6) is 5.75 Å². The summed E-state index contributed by atoms with van der Waals surface area (Å²) in [6.07, 6.45) is -0.504. The molecule has 4 N–H and O–H groups in total. The van der Waals surface area contributed by atoms with Gasteiger partial charge in [-0.1, -0.05) is 0 Å². The molecule has 1 atom stereocenters. The van der Waals surface area contributed by atoms with Crippen LogP contribution in [0.2, 0.25) is 0 Å². The largest absolute Gasteiger partial charge is 0.497 e. The van der Waals surface area contributed by atoms with Gasteiger partial charge in [-0.3, -0.25) is 5.32 Å². The Hall–Kier alpha value is -1.95. The normalized spacial score (nSPS) is 12.5. The molecule has 0 aromatic heterocycles. The minimum Gasteiger partial charge on any atom is -0.497 e. The number of nitrogens with one attached hydrogen (secondary N) is 2. The second-order valence-electron chi connectivity index (χ2n) is 5.82. The maximum absolute atomic E-state index is 11.9. The van der Waals surface area contributed by atoms with Gasteiger partial charge in [0.1, 0.15) is 11.4 Å². The lowest BCUT2D eigenvalue weighted by Crippen LogP contribution is -2.28. The van der Waals surface area contributed by atoms with Crippen LogP contribution in [0.3, 0.4) is 0 Å². The molecule has 0 aliphatic carbocycles. The number of ether oxygens (including phenoxy) is 2. The zero-order valence-corrected chi connectivity index (χ0v) is 13.3. The van der Waals surface area contributed by atoms with Gasteiger partial charge in [0.05, 0.1) is 18.5 Å². The maximum atomic E-state index is 11.9. The summed E-state index contributed by atoms with van der Waals surface area (Å²) in [5.74, 6) is 0.691. The summed E-state index contributed by atoms with van der Waals surface area (Å²) < 4.78 is 10.4. The van der Waals surface area contributed by atoms with Gasteiger partial charge in [0.2, 0.25) is 0 Å². The number of hydrogen-bond acceptors (Lipinski definition) is 5. The highest BCUT2D eigenvalue weighted by atomic mass is 16.6. The van der Waals surface area contributed by atoms with Gasteiger partial charge in [-0.25, -0.2) is 4.79 Å². The number of carbonyl (C=O) groups excluding carboxylic acids is 1. The fraction of sp³-hybridized carbons (Fsp3) is 0.533. The lowest BCUT2D eigenvalue weighted by atomic mass is 10.2. The van der Waals surface area contributed by atoms with Crippen LogP contribution < -0.4 is 21.1 Å². The van der Waals surface area contributed by atoms with Gasteiger partial charge >= 0.3 is 6.09 Å². The van der Waals surface area contributed by atoms with E-state index in [9.17, 15) is 4.79 Å². The Morgan fingerprint density at radius 1 is 1.33 bits per heavy atom. The Labute approximate surface area is 126 Å². The minimum atomic E-state index is -0.547. The van der Waals surface area contributed by atoms with Crippen LogP contribution in [0.4, 0.5) is 16.2 Å². The topological polar surface area (TPSA) is 85.6 Å². The smallest absolute Gasteiger partial charge is 0.412 e. The van der Waals surface area contributed by atoms with Gasteiger partial charge in [0, 0.05) is 18.7 Å². The van der Waals surface area contributed by atoms with Crippen molar-refractivity contribution in [1.29, 1.82) is 0 Å². The van der Waals surface area contributed by atoms with Crippen molar-refractivity contribution in [2.75, 3.05) is 24.3 Å². The van der Waals surface area contributed by atoms with Crippen molar-refractivity contribution in [3.05, 3.63) is 18.2 Å². The molecule has 1 aromatic rings. The number of amides is 1. The molecule has 118 valence electrons. The van der Waals surface area contributed by atoms with Crippen LogP contribution in [-0.2, 0) is 4.74 Å². The van der Waals surface area contributed by atoms with Gasteiger partial charge in [0.15, 0.2) is 0 Å². The van der Waals surface area contributed by atoms with E-state index < -0.39 is 11.7 Å². The van der Waals surface area contributed by atoms with Crippen molar-refractivity contribution < 1.29 is 14.3 Å². The first-order valence-electron chi connectivity index (χ1n) is 6.90. The van der Waals surface area contributed by atoms with E-state index in [0.717, 1.165) is 5.69 Å². The number of anilines is 2. The van der Waals surface area contributed by atoms with Crippen LogP contribution in [0.25, 0.3) is 0 Å². The Bertz CT molecular complexity index is 484. The number of hydrogen-bond donors (Lipinski definition) is 3. The van der Waals surface area contributed by atoms with Gasteiger partial charge in [-0.05, 0) is 39.8 Å². The molecule has 6 heteroatoms. The summed E-state index contributed by atoms with van der Waals surface area (Å²) in [4.78, 5) is 11.9. The predicted molar refractivity (Wildman–Crippen MR) is 85.0 cm³/mol. The third-order valence-corrected chi connectivity index (χ3v) is 2.62. The van der Waals surface area contributed by atoms with E-state index in [1.807, 2.05) is 27.7 Å². The monoisotopic (exact) mass is 295 g/mol. The first-order valence-corrected chi connectivity index (χ1v) is 6.90. The Morgan fingerprint density at radius 3 is 2.52 bits per heavy atom. The highest BCUT2D eigenvalue weighted by Gasteiger charge is 2.17. The van der Waals surface area contributed by atoms with Gasteiger partial charge in [-0.2, -0.15) is 0 Å². The molecule has 0 saturated heterocycles. The lowest BCUT2D eigenvalue weighted by molar-refractivity contribution is 0.0636. The number of benzene rings is 1. The van der Waals surface area contributed by atoms with E-state index >= 15 is 0 Å². The second kappa shape index (κ2) is 7.17. The van der Waals surface area contributed by atoms with Gasteiger partial charge in [-0.15, -0.1) is 0 Å². The molecule has 0 radical (unpaired) electrons. The Balaban J connectivity index is 2.91. The number of methoxy groups -OCH3 is 1. The maximum Gasteiger partial charge on any atom is 0.412 e. The highest BCUT2D eigenvalue weighted by molar-refractivity contribution is 5.90. The van der Waals surface area contributed by atoms with Crippen LogP contribution in [0.15, 0.2) is 18.2 Å². The molecule has 1 rings (SSSR count). The standard InChI is InChI=1S/C15H25N3O3/c1-10(9-16)17-13-8-11(20-5)6-7-12(13)18-14(19)21-15(2,3)4/h6-8,10,17H,9,16H2,1-5H3,(H,18,19). The summed E-state index contributed by atoms with van der Waals surface area (Å²) in [5.41, 5.74) is 6.42. The molecule has 6 nitrogen and oxygen atoms in total. The average molecular weight is 295 g/mol. The Kier molecular flexibility index (Phi) is 5.84. The molecule has 0 bridgehead atoms. The average Bonchev–Trinajstić information content (AvgIpc) is 2.38. The molecule has 0 fully saturated rings. The van der Waals surface area contributed by atoms with Crippen molar-refractivity contribution in [3.8, 4) is 5.75 Å². The summed E-state index contributed by atoms with van der Waals surface area (Å²) >= 11 is 0. The van der Waals surface area contributed by atoms with Gasteiger partial charge in [0.25, 0.3) is 0 Å². The van der Waals surface area contributed by atoms with E-state index in [0.29, 0.717) is 18.0 Å². The van der Waals surface area contributed by atoms with E-state index in [1.54, 1.807) is 25.3 Å². The minimum absolute atomic E-state index is 0.0660. The molecule has 1 unspecified atom stereocenters. The fourth-order valence-electron chi connectivity index (χ4n) is 1.62. The molecule has 0 aliphatic rings. The number of rotatable bonds is 5. The van der Waals surface area contributed by atoms with Crippen molar-refractivity contribution >= 4 is 17.5 Å². The highest BCUT2D eigenvalue weighted by Crippen LogP contribution is 2.28. The molecule has 0 aliphatic heterocycles. The van der Waals surface area contributed by atoms with Crippen molar-refractivity contribution in [1.82, 2.24) is 0 Å². The second-order valence-corrected chi connectivity index (χ2v) is 5.82. The summed E-state index contributed by atoms with van der Waals surface area (Å²) in [6, 6.07) is 5.40. The molecular weight excluding hydrogens is 270 g/mol. The first-order chi connectivity index (χ1) is 9.75. The van der Waals surface area contributed by atoms with Crippen molar-refractivity contribution in [2.45, 2.75) is 39.3 Å². The zero-order chi connectivity index (χ0) is 16.0. The molecule has 0 spiro atoms. The van der Waals surface area contributed by atoms with Crippen molar-refractivity contribution in [3.63, 3.8) is 0 Å². The van der Waals surface area contributed by atoms with Crippen LogP contribution in [0.1, 0.15) is 27.7 Å². The summed E-state index contributed by atoms with van der Waals surface area (Å²) in [7, 11) is 1.59. The summed E-state index contributed by atoms with van der Waals surface area (Å²) in [5, 5.41) is 5.96. The van der Waals surface area contributed by atoms with E-state index in [1.165, 1.54) is 0 Å². The van der Waals surface area contributed by atoms with E-state index in [-0.39, 0.29) is 6.04 Å². The molecule has 1 amide bonds.